The SMILES string of the molecule is COC(=O)Cn1c(C)c(Sc2ccc(Cl)cc2)c2cc(Cl)ccc21. The first-order chi connectivity index (χ1) is 11.5. The zero-order valence-electron chi connectivity index (χ0n) is 13.2. The van der Waals surface area contributed by atoms with Crippen LogP contribution in [0.3, 0.4) is 0 Å². The molecule has 0 N–H and O–H groups in total. The van der Waals surface area contributed by atoms with E-state index >= 15 is 0 Å². The molecule has 0 amide bonds. The lowest BCUT2D eigenvalue weighted by Gasteiger charge is -2.07. The van der Waals surface area contributed by atoms with Crippen molar-refractivity contribution in [2.45, 2.75) is 23.3 Å². The van der Waals surface area contributed by atoms with Crippen LogP contribution in [0.2, 0.25) is 10.0 Å². The maximum absolute atomic E-state index is 11.8. The summed E-state index contributed by atoms with van der Waals surface area (Å²) in [4.78, 5) is 13.9. The van der Waals surface area contributed by atoms with E-state index in [2.05, 4.69) is 0 Å². The Morgan fingerprint density at radius 2 is 1.79 bits per heavy atom. The fourth-order valence-corrected chi connectivity index (χ4v) is 3.91. The van der Waals surface area contributed by atoms with E-state index < -0.39 is 0 Å². The number of aromatic nitrogens is 1. The molecule has 24 heavy (non-hydrogen) atoms. The highest BCUT2D eigenvalue weighted by Crippen LogP contribution is 2.39. The minimum Gasteiger partial charge on any atom is -0.468 e. The van der Waals surface area contributed by atoms with E-state index in [1.165, 1.54) is 7.11 Å². The Morgan fingerprint density at radius 3 is 2.46 bits per heavy atom. The second-order valence-electron chi connectivity index (χ2n) is 5.29. The van der Waals surface area contributed by atoms with Gasteiger partial charge in [-0.1, -0.05) is 35.0 Å². The average Bonchev–Trinajstić information content (AvgIpc) is 2.81. The van der Waals surface area contributed by atoms with Crippen molar-refractivity contribution < 1.29 is 9.53 Å². The second kappa shape index (κ2) is 7.09. The Hall–Kier alpha value is -1.62. The van der Waals surface area contributed by atoms with Crippen LogP contribution < -0.4 is 0 Å². The summed E-state index contributed by atoms with van der Waals surface area (Å²) in [6, 6.07) is 13.4. The zero-order chi connectivity index (χ0) is 17.3. The smallest absolute Gasteiger partial charge is 0.325 e. The molecule has 0 radical (unpaired) electrons. The van der Waals surface area contributed by atoms with Crippen LogP contribution in [0, 0.1) is 6.92 Å². The third-order valence-electron chi connectivity index (χ3n) is 3.78. The summed E-state index contributed by atoms with van der Waals surface area (Å²) in [5, 5.41) is 2.38. The van der Waals surface area contributed by atoms with Gasteiger partial charge in [-0.25, -0.2) is 0 Å². The van der Waals surface area contributed by atoms with E-state index in [0.717, 1.165) is 26.4 Å². The number of carbonyl (C=O) groups is 1. The van der Waals surface area contributed by atoms with Crippen LogP contribution in [0.1, 0.15) is 5.69 Å². The van der Waals surface area contributed by atoms with Crippen LogP contribution in [0.25, 0.3) is 10.9 Å². The third kappa shape index (κ3) is 3.41. The number of benzene rings is 2. The molecule has 0 bridgehead atoms. The fraction of sp³-hybridized carbons (Fsp3) is 0.167. The minimum absolute atomic E-state index is 0.168. The van der Waals surface area contributed by atoms with Gasteiger partial charge < -0.3 is 9.30 Å². The molecule has 3 aromatic rings. The number of halogens is 2. The van der Waals surface area contributed by atoms with Gasteiger partial charge in [0.25, 0.3) is 0 Å². The van der Waals surface area contributed by atoms with E-state index in [1.807, 2.05) is 54.0 Å². The second-order valence-corrected chi connectivity index (χ2v) is 7.25. The molecule has 0 unspecified atom stereocenters. The average molecular weight is 380 g/mol. The monoisotopic (exact) mass is 379 g/mol. The lowest BCUT2D eigenvalue weighted by atomic mass is 10.2. The van der Waals surface area contributed by atoms with E-state index in [1.54, 1.807) is 11.8 Å². The molecule has 1 heterocycles. The van der Waals surface area contributed by atoms with Crippen molar-refractivity contribution in [1.29, 1.82) is 0 Å². The van der Waals surface area contributed by atoms with Gasteiger partial charge in [-0.3, -0.25) is 4.79 Å². The Bertz CT molecular complexity index is 904. The van der Waals surface area contributed by atoms with Crippen molar-refractivity contribution in [2.24, 2.45) is 0 Å². The summed E-state index contributed by atoms with van der Waals surface area (Å²) in [5.74, 6) is -0.284. The van der Waals surface area contributed by atoms with Crippen molar-refractivity contribution in [1.82, 2.24) is 4.57 Å². The van der Waals surface area contributed by atoms with Gasteiger partial charge in [-0.2, -0.15) is 0 Å². The predicted molar refractivity (Wildman–Crippen MR) is 99.3 cm³/mol. The molecule has 1 aromatic heterocycles. The topological polar surface area (TPSA) is 31.2 Å². The molecule has 124 valence electrons. The number of hydrogen-bond acceptors (Lipinski definition) is 3. The first-order valence-electron chi connectivity index (χ1n) is 7.28. The molecule has 0 spiro atoms. The largest absolute Gasteiger partial charge is 0.468 e. The first-order valence-corrected chi connectivity index (χ1v) is 8.85. The number of nitrogens with zero attached hydrogens (tertiary/aromatic N) is 1. The minimum atomic E-state index is -0.284. The van der Waals surface area contributed by atoms with Crippen molar-refractivity contribution in [3.8, 4) is 0 Å². The van der Waals surface area contributed by atoms with Crippen LogP contribution >= 0.6 is 35.0 Å². The third-order valence-corrected chi connectivity index (χ3v) is 5.49. The van der Waals surface area contributed by atoms with Gasteiger partial charge in [0.05, 0.1) is 12.6 Å². The van der Waals surface area contributed by atoms with Crippen molar-refractivity contribution >= 4 is 51.8 Å². The maximum atomic E-state index is 11.8. The quantitative estimate of drug-likeness (QED) is 0.554. The fourth-order valence-electron chi connectivity index (χ4n) is 2.57. The highest BCUT2D eigenvalue weighted by atomic mass is 35.5. The molecule has 0 saturated heterocycles. The van der Waals surface area contributed by atoms with Gasteiger partial charge in [0.1, 0.15) is 6.54 Å². The Balaban J connectivity index is 2.11. The molecule has 2 aromatic carbocycles. The molecule has 0 aliphatic rings. The lowest BCUT2D eigenvalue weighted by molar-refractivity contribution is -0.141. The molecule has 3 nitrogen and oxygen atoms in total. The zero-order valence-corrected chi connectivity index (χ0v) is 15.5. The van der Waals surface area contributed by atoms with Crippen LogP contribution in [0.15, 0.2) is 52.3 Å². The van der Waals surface area contributed by atoms with E-state index in [-0.39, 0.29) is 12.5 Å². The van der Waals surface area contributed by atoms with E-state index in [0.29, 0.717) is 10.0 Å². The van der Waals surface area contributed by atoms with E-state index in [9.17, 15) is 4.79 Å². The van der Waals surface area contributed by atoms with Crippen LogP contribution in [0.5, 0.6) is 0 Å². The predicted octanol–water partition coefficient (Wildman–Crippen LogP) is 5.58. The maximum Gasteiger partial charge on any atom is 0.325 e. The van der Waals surface area contributed by atoms with Gasteiger partial charge >= 0.3 is 5.97 Å². The highest BCUT2D eigenvalue weighted by molar-refractivity contribution is 7.99. The summed E-state index contributed by atoms with van der Waals surface area (Å²) in [6.07, 6.45) is 0. The number of methoxy groups -OCH3 is 1. The molecule has 0 aliphatic carbocycles. The Morgan fingerprint density at radius 1 is 1.12 bits per heavy atom. The number of rotatable bonds is 4. The van der Waals surface area contributed by atoms with Crippen LogP contribution in [-0.4, -0.2) is 17.6 Å². The van der Waals surface area contributed by atoms with Crippen molar-refractivity contribution in [2.75, 3.05) is 7.11 Å². The summed E-state index contributed by atoms with van der Waals surface area (Å²) >= 11 is 13.8. The molecule has 0 aliphatic heterocycles. The molecule has 0 atom stereocenters. The van der Waals surface area contributed by atoms with Crippen LogP contribution in [0.4, 0.5) is 0 Å². The standard InChI is InChI=1S/C18H15Cl2NO2S/c1-11-18(24-14-6-3-12(19)4-7-14)15-9-13(20)5-8-16(15)21(11)10-17(22)23-2/h3-9H,10H2,1-2H3. The summed E-state index contributed by atoms with van der Waals surface area (Å²) < 4.78 is 6.77. The van der Waals surface area contributed by atoms with E-state index in [4.69, 9.17) is 27.9 Å². The normalized spacial score (nSPS) is 11.0. The summed E-state index contributed by atoms with van der Waals surface area (Å²) in [7, 11) is 1.39. The van der Waals surface area contributed by atoms with Crippen molar-refractivity contribution in [3.05, 3.63) is 58.2 Å². The van der Waals surface area contributed by atoms with Gasteiger partial charge in [-0.05, 0) is 49.4 Å². The molecular weight excluding hydrogens is 365 g/mol. The summed E-state index contributed by atoms with van der Waals surface area (Å²) in [5.41, 5.74) is 1.95. The molecule has 0 saturated carbocycles. The molecule has 0 fully saturated rings. The lowest BCUT2D eigenvalue weighted by Crippen LogP contribution is -2.12. The van der Waals surface area contributed by atoms with Gasteiger partial charge in [0, 0.05) is 30.9 Å². The van der Waals surface area contributed by atoms with Gasteiger partial charge in [-0.15, -0.1) is 0 Å². The number of esters is 1. The molecular formula is C18H15Cl2NO2S. The highest BCUT2D eigenvalue weighted by Gasteiger charge is 2.17. The number of hydrogen-bond donors (Lipinski definition) is 0. The van der Waals surface area contributed by atoms with Gasteiger partial charge in [0.2, 0.25) is 0 Å². The Kier molecular flexibility index (Phi) is 5.09. The molecule has 3 rings (SSSR count). The van der Waals surface area contributed by atoms with Crippen LogP contribution in [-0.2, 0) is 16.1 Å². The van der Waals surface area contributed by atoms with Crippen molar-refractivity contribution in [3.63, 3.8) is 0 Å². The number of fused-ring (bicyclic) bond motifs is 1. The number of carbonyl (C=O) groups excluding carboxylic acids is 1. The Labute approximate surface area is 154 Å². The molecule has 6 heteroatoms. The number of ether oxygens (including phenoxy) is 1. The first kappa shape index (κ1) is 17.2. The van der Waals surface area contributed by atoms with Gasteiger partial charge in [0.15, 0.2) is 0 Å². The summed E-state index contributed by atoms with van der Waals surface area (Å²) in [6.45, 7) is 2.16.